The summed E-state index contributed by atoms with van der Waals surface area (Å²) in [6.45, 7) is 6.47. The molecule has 0 aromatic rings. The maximum atomic E-state index is 11.7. The molecule has 0 saturated heterocycles. The van der Waals surface area contributed by atoms with Gasteiger partial charge in [-0.2, -0.15) is 0 Å². The van der Waals surface area contributed by atoms with Crippen LogP contribution >= 0.6 is 0 Å². The molecule has 5 nitrogen and oxygen atoms in total. The molecule has 114 valence electrons. The molecule has 0 bridgehead atoms. The second-order valence-electron chi connectivity index (χ2n) is 6.91. The van der Waals surface area contributed by atoms with Crippen molar-refractivity contribution in [1.82, 2.24) is 10.6 Å². The topological polar surface area (TPSA) is 78.4 Å². The lowest BCUT2D eigenvalue weighted by atomic mass is 9.61. The van der Waals surface area contributed by atoms with Crippen molar-refractivity contribution < 1.29 is 14.7 Å². The quantitative estimate of drug-likeness (QED) is 0.712. The number of hydrogen-bond donors (Lipinski definition) is 3. The molecule has 2 rings (SSSR count). The highest BCUT2D eigenvalue weighted by molar-refractivity contribution is 5.78. The number of nitrogens with one attached hydrogen (secondary N) is 2. The summed E-state index contributed by atoms with van der Waals surface area (Å²) in [7, 11) is 0. The van der Waals surface area contributed by atoms with Crippen LogP contribution in [0.5, 0.6) is 0 Å². The van der Waals surface area contributed by atoms with Gasteiger partial charge in [-0.25, -0.2) is 0 Å². The summed E-state index contributed by atoms with van der Waals surface area (Å²) in [6, 6.07) is 0.603. The van der Waals surface area contributed by atoms with Crippen LogP contribution < -0.4 is 10.6 Å². The molecule has 2 aliphatic rings. The van der Waals surface area contributed by atoms with Crippen LogP contribution in [0.2, 0.25) is 0 Å². The second-order valence-corrected chi connectivity index (χ2v) is 6.91. The van der Waals surface area contributed by atoms with Crippen molar-refractivity contribution in [1.29, 1.82) is 0 Å². The van der Waals surface area contributed by atoms with Crippen LogP contribution in [0.4, 0.5) is 0 Å². The molecule has 2 aliphatic carbocycles. The van der Waals surface area contributed by atoms with Crippen molar-refractivity contribution in [3.05, 3.63) is 0 Å². The number of hydrogen-bond acceptors (Lipinski definition) is 3. The molecule has 0 heterocycles. The number of aliphatic carboxylic acids is 1. The summed E-state index contributed by atoms with van der Waals surface area (Å²) in [5.41, 5.74) is -0.255. The molecule has 0 radical (unpaired) electrons. The Labute approximate surface area is 120 Å². The molecule has 1 amide bonds. The molecule has 5 heteroatoms. The maximum Gasteiger partial charge on any atom is 0.307 e. The largest absolute Gasteiger partial charge is 0.481 e. The fourth-order valence-corrected chi connectivity index (χ4v) is 3.25. The minimum atomic E-state index is -0.702. The average Bonchev–Trinajstić information content (AvgIpc) is 3.14. The predicted molar refractivity (Wildman–Crippen MR) is 76.3 cm³/mol. The van der Waals surface area contributed by atoms with E-state index in [1.807, 2.05) is 13.8 Å². The first-order valence-corrected chi connectivity index (χ1v) is 7.58. The van der Waals surface area contributed by atoms with Gasteiger partial charge >= 0.3 is 5.97 Å². The predicted octanol–water partition coefficient (Wildman–Crippen LogP) is 1.38. The third-order valence-electron chi connectivity index (χ3n) is 5.21. The van der Waals surface area contributed by atoms with E-state index in [-0.39, 0.29) is 29.2 Å². The lowest BCUT2D eigenvalue weighted by molar-refractivity contribution is -0.150. The Balaban J connectivity index is 1.86. The fraction of sp³-hybridized carbons (Fsp3) is 0.867. The molecular weight excluding hydrogens is 256 g/mol. The van der Waals surface area contributed by atoms with Gasteiger partial charge in [0.1, 0.15) is 0 Å². The molecule has 0 aliphatic heterocycles. The van der Waals surface area contributed by atoms with Gasteiger partial charge in [-0.1, -0.05) is 20.8 Å². The molecule has 2 fully saturated rings. The van der Waals surface area contributed by atoms with Gasteiger partial charge in [0.2, 0.25) is 5.91 Å². The van der Waals surface area contributed by atoms with E-state index in [1.54, 1.807) is 0 Å². The summed E-state index contributed by atoms with van der Waals surface area (Å²) in [6.07, 6.45) is 3.69. The number of carbonyl (C=O) groups is 2. The molecule has 3 unspecified atom stereocenters. The highest BCUT2D eigenvalue weighted by atomic mass is 16.4. The molecule has 20 heavy (non-hydrogen) atoms. The second kappa shape index (κ2) is 5.72. The average molecular weight is 282 g/mol. The summed E-state index contributed by atoms with van der Waals surface area (Å²) >= 11 is 0. The zero-order valence-electron chi connectivity index (χ0n) is 12.6. The Hall–Kier alpha value is -1.10. The molecule has 2 saturated carbocycles. The van der Waals surface area contributed by atoms with E-state index in [1.165, 1.54) is 0 Å². The van der Waals surface area contributed by atoms with Gasteiger partial charge in [-0.05, 0) is 37.0 Å². The number of amides is 1. The summed E-state index contributed by atoms with van der Waals surface area (Å²) in [5, 5.41) is 15.6. The third kappa shape index (κ3) is 3.32. The van der Waals surface area contributed by atoms with Crippen LogP contribution in [0.15, 0.2) is 0 Å². The molecular formula is C15H26N2O3. The minimum absolute atomic E-state index is 0.0536. The van der Waals surface area contributed by atoms with Gasteiger partial charge in [0.15, 0.2) is 0 Å². The van der Waals surface area contributed by atoms with Crippen LogP contribution in [0.1, 0.15) is 46.5 Å². The van der Waals surface area contributed by atoms with Crippen molar-refractivity contribution in [2.75, 3.05) is 6.54 Å². The third-order valence-corrected chi connectivity index (χ3v) is 5.21. The number of carboxylic acid groups (broad SMARTS) is 1. The standard InChI is InChI=1S/C15H26N2O3/c1-9-12(16-8-13(18)17-10-4-5-10)7-6-11(14(19)20)15(9,2)3/h9-12,16H,4-8H2,1-3H3,(H,17,18)(H,19,20). The SMILES string of the molecule is CC1C(NCC(=O)NC2CC2)CCC(C(=O)O)C1(C)C. The van der Waals surface area contributed by atoms with E-state index >= 15 is 0 Å². The van der Waals surface area contributed by atoms with Crippen LogP contribution in [0.3, 0.4) is 0 Å². The van der Waals surface area contributed by atoms with Crippen LogP contribution in [-0.2, 0) is 9.59 Å². The summed E-state index contributed by atoms with van der Waals surface area (Å²) in [5.74, 6) is -0.716. The van der Waals surface area contributed by atoms with Crippen LogP contribution in [-0.4, -0.2) is 35.6 Å². The normalized spacial score (nSPS) is 32.6. The molecule has 0 aromatic heterocycles. The molecule has 0 aromatic carbocycles. The van der Waals surface area contributed by atoms with E-state index in [4.69, 9.17) is 0 Å². The molecule has 3 N–H and O–H groups in total. The number of carbonyl (C=O) groups excluding carboxylic acids is 1. The van der Waals surface area contributed by atoms with Crippen molar-refractivity contribution in [2.45, 2.75) is 58.5 Å². The van der Waals surface area contributed by atoms with E-state index in [0.29, 0.717) is 19.0 Å². The zero-order valence-corrected chi connectivity index (χ0v) is 12.6. The van der Waals surface area contributed by atoms with E-state index in [9.17, 15) is 14.7 Å². The molecule has 3 atom stereocenters. The highest BCUT2D eigenvalue weighted by Crippen LogP contribution is 2.44. The van der Waals surface area contributed by atoms with Crippen LogP contribution in [0.25, 0.3) is 0 Å². The Morgan fingerprint density at radius 2 is 1.85 bits per heavy atom. The Morgan fingerprint density at radius 1 is 1.20 bits per heavy atom. The zero-order chi connectivity index (χ0) is 14.9. The van der Waals surface area contributed by atoms with Gasteiger partial charge in [0, 0.05) is 12.1 Å². The van der Waals surface area contributed by atoms with Crippen molar-refractivity contribution >= 4 is 11.9 Å². The minimum Gasteiger partial charge on any atom is -0.481 e. The fourth-order valence-electron chi connectivity index (χ4n) is 3.25. The number of carboxylic acids is 1. The van der Waals surface area contributed by atoms with Crippen LogP contribution in [0, 0.1) is 17.3 Å². The van der Waals surface area contributed by atoms with Gasteiger partial charge in [0.05, 0.1) is 12.5 Å². The maximum absolute atomic E-state index is 11.7. The first-order chi connectivity index (χ1) is 9.32. The van der Waals surface area contributed by atoms with Crippen molar-refractivity contribution in [2.24, 2.45) is 17.3 Å². The Kier molecular flexibility index (Phi) is 4.37. The van der Waals surface area contributed by atoms with Gasteiger partial charge in [-0.3, -0.25) is 9.59 Å². The summed E-state index contributed by atoms with van der Waals surface area (Å²) in [4.78, 5) is 23.0. The molecule has 0 spiro atoms. The van der Waals surface area contributed by atoms with Crippen molar-refractivity contribution in [3.8, 4) is 0 Å². The first-order valence-electron chi connectivity index (χ1n) is 7.58. The van der Waals surface area contributed by atoms with Crippen molar-refractivity contribution in [3.63, 3.8) is 0 Å². The first kappa shape index (κ1) is 15.3. The van der Waals surface area contributed by atoms with Gasteiger partial charge < -0.3 is 15.7 Å². The Morgan fingerprint density at radius 3 is 2.40 bits per heavy atom. The van der Waals surface area contributed by atoms with E-state index in [0.717, 1.165) is 19.3 Å². The van der Waals surface area contributed by atoms with Gasteiger partial charge in [0.25, 0.3) is 0 Å². The highest BCUT2D eigenvalue weighted by Gasteiger charge is 2.46. The van der Waals surface area contributed by atoms with Gasteiger partial charge in [-0.15, -0.1) is 0 Å². The monoisotopic (exact) mass is 282 g/mol. The lowest BCUT2D eigenvalue weighted by Crippen LogP contribution is -2.52. The summed E-state index contributed by atoms with van der Waals surface area (Å²) < 4.78 is 0. The van der Waals surface area contributed by atoms with E-state index in [2.05, 4.69) is 17.6 Å². The van der Waals surface area contributed by atoms with E-state index < -0.39 is 5.97 Å². The smallest absolute Gasteiger partial charge is 0.307 e. The number of rotatable bonds is 5. The Bertz CT molecular complexity index is 391. The lowest BCUT2D eigenvalue weighted by Gasteiger charge is -2.46.